The van der Waals surface area contributed by atoms with Gasteiger partial charge in [0.15, 0.2) is 0 Å². The molecule has 1 atom stereocenters. The highest BCUT2D eigenvalue weighted by atomic mass is 16.5. The second-order valence-electron chi connectivity index (χ2n) is 9.45. The smallest absolute Gasteiger partial charge is 0.320 e. The molecule has 0 bridgehead atoms. The summed E-state index contributed by atoms with van der Waals surface area (Å²) in [5.41, 5.74) is 7.07. The lowest BCUT2D eigenvalue weighted by Gasteiger charge is -2.36. The quantitative estimate of drug-likeness (QED) is 0.171. The summed E-state index contributed by atoms with van der Waals surface area (Å²) in [4.78, 5) is 24.0. The average molecular weight is 537 g/mol. The fourth-order valence-corrected chi connectivity index (χ4v) is 4.47. The zero-order valence-corrected chi connectivity index (χ0v) is 23.8. The zero-order valence-electron chi connectivity index (χ0n) is 23.8. The number of rotatable bonds is 19. The van der Waals surface area contributed by atoms with Gasteiger partial charge in [-0.1, -0.05) is 45.9 Å². The molecule has 1 aromatic heterocycles. The largest absolute Gasteiger partial charge is 0.480 e. The monoisotopic (exact) mass is 536 g/mol. The maximum absolute atomic E-state index is 10.6. The number of H-pyrrole nitrogens is 1. The number of hydrogen-bond donors (Lipinski definition) is 3. The van der Waals surface area contributed by atoms with E-state index in [1.54, 1.807) is 7.11 Å². The molecule has 2 rings (SSSR count). The first-order chi connectivity index (χ1) is 18.3. The summed E-state index contributed by atoms with van der Waals surface area (Å²) in [5.74, 6) is -0.972. The molecule has 0 saturated carbocycles. The standard InChI is InChI=1S/C18H36O5.C11H12N2O2/c1-6-17(7-2,10-12-21-16-19)22-13-11-18(8-3,9-4)23-15-14-20-5;12-9(11(14)15)5-7-6-13-10-4-2-1-3-8(7)10/h16H,6-15H2,1-5H3;1-4,6,9,13H,5,12H2,(H,14,15). The Labute approximate surface area is 227 Å². The molecule has 2 aromatic rings. The van der Waals surface area contributed by atoms with Crippen molar-refractivity contribution in [1.82, 2.24) is 4.98 Å². The van der Waals surface area contributed by atoms with Crippen LogP contribution in [-0.2, 0) is 35.0 Å². The van der Waals surface area contributed by atoms with Crippen molar-refractivity contribution < 1.29 is 33.6 Å². The van der Waals surface area contributed by atoms with Gasteiger partial charge in [0.05, 0.1) is 37.6 Å². The number of nitrogens with two attached hydrogens (primary N) is 1. The number of aromatic amines is 1. The van der Waals surface area contributed by atoms with Gasteiger partial charge in [-0.25, -0.2) is 0 Å². The number of hydrogen-bond acceptors (Lipinski definition) is 7. The Bertz CT molecular complexity index is 923. The molecule has 0 aliphatic heterocycles. The molecule has 9 nitrogen and oxygen atoms in total. The van der Waals surface area contributed by atoms with E-state index in [9.17, 15) is 9.59 Å². The summed E-state index contributed by atoms with van der Waals surface area (Å²) in [6.07, 6.45) is 7.47. The number of aromatic nitrogens is 1. The van der Waals surface area contributed by atoms with Crippen molar-refractivity contribution in [3.8, 4) is 0 Å². The van der Waals surface area contributed by atoms with E-state index in [4.69, 9.17) is 29.8 Å². The van der Waals surface area contributed by atoms with Crippen molar-refractivity contribution in [3.05, 3.63) is 36.0 Å². The first-order valence-corrected chi connectivity index (χ1v) is 13.6. The number of carboxylic acid groups (broad SMARTS) is 1. The van der Waals surface area contributed by atoms with Crippen LogP contribution in [0.1, 0.15) is 71.8 Å². The van der Waals surface area contributed by atoms with E-state index in [-0.39, 0.29) is 11.2 Å². The topological polar surface area (TPSA) is 133 Å². The first-order valence-electron chi connectivity index (χ1n) is 13.6. The van der Waals surface area contributed by atoms with Gasteiger partial charge in [0.25, 0.3) is 6.47 Å². The summed E-state index contributed by atoms with van der Waals surface area (Å²) < 4.78 is 22.2. The summed E-state index contributed by atoms with van der Waals surface area (Å²) in [5, 5.41) is 9.75. The highest BCUT2D eigenvalue weighted by Gasteiger charge is 2.31. The van der Waals surface area contributed by atoms with Crippen molar-refractivity contribution in [3.63, 3.8) is 0 Å². The van der Waals surface area contributed by atoms with E-state index < -0.39 is 12.0 Å². The van der Waals surface area contributed by atoms with Gasteiger partial charge >= 0.3 is 5.97 Å². The molecule has 0 fully saturated rings. The predicted octanol–water partition coefficient (Wildman–Crippen LogP) is 4.86. The number of carboxylic acids is 1. The number of ether oxygens (including phenoxy) is 4. The maximum Gasteiger partial charge on any atom is 0.320 e. The van der Waals surface area contributed by atoms with E-state index in [1.807, 2.05) is 30.5 Å². The predicted molar refractivity (Wildman–Crippen MR) is 149 cm³/mol. The molecular weight excluding hydrogens is 488 g/mol. The van der Waals surface area contributed by atoms with Crippen LogP contribution in [0.3, 0.4) is 0 Å². The average Bonchev–Trinajstić information content (AvgIpc) is 3.34. The van der Waals surface area contributed by atoms with Crippen LogP contribution in [0.4, 0.5) is 0 Å². The van der Waals surface area contributed by atoms with Crippen LogP contribution in [0.25, 0.3) is 10.9 Å². The second-order valence-corrected chi connectivity index (χ2v) is 9.45. The van der Waals surface area contributed by atoms with E-state index >= 15 is 0 Å². The number of fused-ring (bicyclic) bond motifs is 1. The first kappa shape index (κ1) is 33.6. The molecule has 0 aliphatic rings. The Morgan fingerprint density at radius 1 is 0.974 bits per heavy atom. The molecule has 9 heteroatoms. The second kappa shape index (κ2) is 17.9. The lowest BCUT2D eigenvalue weighted by atomic mass is 9.91. The molecule has 0 amide bonds. The molecule has 0 spiro atoms. The SMILES string of the molecule is CCC(CC)(CCOC=O)OCCC(CC)(CC)OCCOC.NC(Cc1c[nH]c2ccccc12)C(=O)O. The molecule has 4 N–H and O–H groups in total. The number of carbonyl (C=O) groups excluding carboxylic acids is 1. The summed E-state index contributed by atoms with van der Waals surface area (Å²) in [6.45, 7) is 11.3. The number of carbonyl (C=O) groups is 2. The van der Waals surface area contributed by atoms with E-state index in [2.05, 4.69) is 32.7 Å². The Balaban J connectivity index is 0.000000411. The van der Waals surface area contributed by atoms with Crippen LogP contribution < -0.4 is 5.73 Å². The van der Waals surface area contributed by atoms with Crippen LogP contribution in [0, 0.1) is 0 Å². The zero-order chi connectivity index (χ0) is 28.4. The van der Waals surface area contributed by atoms with E-state index in [0.717, 1.165) is 55.0 Å². The molecule has 1 unspecified atom stereocenters. The lowest BCUT2D eigenvalue weighted by Crippen LogP contribution is -2.38. The van der Waals surface area contributed by atoms with E-state index in [1.165, 1.54) is 0 Å². The minimum atomic E-state index is -0.972. The number of methoxy groups -OCH3 is 1. The fourth-order valence-electron chi connectivity index (χ4n) is 4.47. The fraction of sp³-hybridized carbons (Fsp3) is 0.655. The van der Waals surface area contributed by atoms with Crippen LogP contribution in [0.15, 0.2) is 30.5 Å². The molecular formula is C29H48N2O7. The number of para-hydroxylation sites is 1. The normalized spacial score (nSPS) is 12.6. The highest BCUT2D eigenvalue weighted by Crippen LogP contribution is 2.29. The maximum atomic E-state index is 10.6. The van der Waals surface area contributed by atoms with Gasteiger partial charge in [0.2, 0.25) is 0 Å². The van der Waals surface area contributed by atoms with Crippen molar-refractivity contribution in [2.75, 3.05) is 33.5 Å². The number of benzene rings is 1. The van der Waals surface area contributed by atoms with Gasteiger partial charge in [0, 0.05) is 37.1 Å². The van der Waals surface area contributed by atoms with Gasteiger partial charge in [-0.3, -0.25) is 9.59 Å². The van der Waals surface area contributed by atoms with Crippen molar-refractivity contribution in [2.24, 2.45) is 5.73 Å². The summed E-state index contributed by atoms with van der Waals surface area (Å²) in [7, 11) is 1.68. The van der Waals surface area contributed by atoms with Gasteiger partial charge in [0.1, 0.15) is 6.04 Å². The highest BCUT2D eigenvalue weighted by molar-refractivity contribution is 5.84. The van der Waals surface area contributed by atoms with Crippen LogP contribution in [0.5, 0.6) is 0 Å². The Morgan fingerprint density at radius 3 is 2.11 bits per heavy atom. The Hall–Kier alpha value is -2.46. The third kappa shape index (κ3) is 10.7. The van der Waals surface area contributed by atoms with Gasteiger partial charge in [-0.05, 0) is 43.7 Å². The van der Waals surface area contributed by atoms with Crippen LogP contribution in [-0.4, -0.2) is 73.3 Å². The number of nitrogens with one attached hydrogen (secondary N) is 1. The third-order valence-electron chi connectivity index (χ3n) is 7.41. The molecule has 0 aliphatic carbocycles. The van der Waals surface area contributed by atoms with Gasteiger partial charge in [-0.15, -0.1) is 0 Å². The summed E-state index contributed by atoms with van der Waals surface area (Å²) in [6, 6.07) is 6.91. The molecule has 0 saturated heterocycles. The van der Waals surface area contributed by atoms with Gasteiger partial charge < -0.3 is 34.8 Å². The van der Waals surface area contributed by atoms with Gasteiger partial charge in [-0.2, -0.15) is 0 Å². The molecule has 216 valence electrons. The van der Waals surface area contributed by atoms with Crippen molar-refractivity contribution in [1.29, 1.82) is 0 Å². The van der Waals surface area contributed by atoms with Crippen LogP contribution in [0.2, 0.25) is 0 Å². The molecule has 1 aromatic carbocycles. The van der Waals surface area contributed by atoms with E-state index in [0.29, 0.717) is 39.3 Å². The minimum absolute atomic E-state index is 0.148. The van der Waals surface area contributed by atoms with Crippen LogP contribution >= 0.6 is 0 Å². The molecule has 1 heterocycles. The summed E-state index contributed by atoms with van der Waals surface area (Å²) >= 11 is 0. The third-order valence-corrected chi connectivity index (χ3v) is 7.41. The minimum Gasteiger partial charge on any atom is -0.480 e. The lowest BCUT2D eigenvalue weighted by molar-refractivity contribution is -0.138. The Morgan fingerprint density at radius 2 is 1.55 bits per heavy atom. The van der Waals surface area contributed by atoms with Crippen molar-refractivity contribution >= 4 is 23.3 Å². The molecule has 0 radical (unpaired) electrons. The Kier molecular flexibility index (Phi) is 15.8. The number of aliphatic carboxylic acids is 1. The molecule has 38 heavy (non-hydrogen) atoms. The van der Waals surface area contributed by atoms with Crippen molar-refractivity contribution in [2.45, 2.75) is 89.9 Å².